The molecule has 112 valence electrons. The largest absolute Gasteiger partial charge is 0.376 e. The summed E-state index contributed by atoms with van der Waals surface area (Å²) in [6, 6.07) is 0.148. The van der Waals surface area contributed by atoms with Crippen molar-refractivity contribution >= 4 is 6.03 Å². The van der Waals surface area contributed by atoms with Crippen molar-refractivity contribution in [1.29, 1.82) is 0 Å². The number of hydrogen-bond acceptors (Lipinski definition) is 3. The van der Waals surface area contributed by atoms with E-state index in [1.165, 1.54) is 0 Å². The van der Waals surface area contributed by atoms with Crippen molar-refractivity contribution in [3.05, 3.63) is 18.0 Å². The van der Waals surface area contributed by atoms with E-state index in [9.17, 15) is 4.79 Å². The Balaban J connectivity index is 2.14. The number of carbonyl (C=O) groups excluding carboxylic acids is 1. The average Bonchev–Trinajstić information content (AvgIpc) is 2.97. The summed E-state index contributed by atoms with van der Waals surface area (Å²) >= 11 is 0. The lowest BCUT2D eigenvalue weighted by Crippen LogP contribution is -2.46. The van der Waals surface area contributed by atoms with Crippen LogP contribution < -0.4 is 0 Å². The van der Waals surface area contributed by atoms with Crippen LogP contribution in [0.25, 0.3) is 0 Å². The van der Waals surface area contributed by atoms with Crippen LogP contribution in [0.2, 0.25) is 0 Å². The lowest BCUT2D eigenvalue weighted by molar-refractivity contribution is 0.0381. The minimum Gasteiger partial charge on any atom is -0.376 e. The maximum Gasteiger partial charge on any atom is 0.319 e. The third kappa shape index (κ3) is 3.12. The minimum atomic E-state index is 0.0566. The third-order valence-corrected chi connectivity index (χ3v) is 3.70. The molecule has 6 nitrogen and oxygen atoms in total. The summed E-state index contributed by atoms with van der Waals surface area (Å²) in [5, 5.41) is 4.20. The van der Waals surface area contributed by atoms with Gasteiger partial charge in [-0.05, 0) is 25.3 Å². The molecule has 1 fully saturated rings. The molecule has 0 spiro atoms. The minimum absolute atomic E-state index is 0.0566. The van der Waals surface area contributed by atoms with E-state index in [0.717, 1.165) is 24.9 Å². The van der Waals surface area contributed by atoms with Gasteiger partial charge in [0.25, 0.3) is 0 Å². The molecule has 0 aromatic carbocycles. The van der Waals surface area contributed by atoms with Crippen LogP contribution in [0.1, 0.15) is 18.9 Å². The quantitative estimate of drug-likeness (QED) is 0.830. The van der Waals surface area contributed by atoms with Crippen LogP contribution in [0.3, 0.4) is 0 Å². The number of amides is 2. The standard InChI is InChI=1S/C14H24N4O2/c1-5-20-13-6-7-18(14(19)16(2)3)12(13)8-11-9-15-17(4)10-11/h9-10,12-13H,5-8H2,1-4H3/t12-,13-/m1/s1. The van der Waals surface area contributed by atoms with Crippen molar-refractivity contribution in [2.45, 2.75) is 31.9 Å². The van der Waals surface area contributed by atoms with Crippen molar-refractivity contribution in [3.8, 4) is 0 Å². The average molecular weight is 280 g/mol. The Labute approximate surface area is 120 Å². The molecule has 0 radical (unpaired) electrons. The topological polar surface area (TPSA) is 50.6 Å². The van der Waals surface area contributed by atoms with Gasteiger partial charge in [-0.3, -0.25) is 4.68 Å². The summed E-state index contributed by atoms with van der Waals surface area (Å²) in [4.78, 5) is 15.8. The molecular formula is C14H24N4O2. The number of rotatable bonds is 4. The third-order valence-electron chi connectivity index (χ3n) is 3.70. The van der Waals surface area contributed by atoms with Gasteiger partial charge in [-0.15, -0.1) is 0 Å². The molecule has 0 aliphatic carbocycles. The molecule has 2 amide bonds. The second kappa shape index (κ2) is 6.26. The molecule has 0 unspecified atom stereocenters. The van der Waals surface area contributed by atoms with Crippen LogP contribution in [-0.4, -0.2) is 65.0 Å². The van der Waals surface area contributed by atoms with Crippen LogP contribution in [-0.2, 0) is 18.2 Å². The van der Waals surface area contributed by atoms with Crippen LogP contribution >= 0.6 is 0 Å². The highest BCUT2D eigenvalue weighted by Crippen LogP contribution is 2.25. The molecule has 2 rings (SSSR count). The first-order chi connectivity index (χ1) is 9.52. The van der Waals surface area contributed by atoms with Gasteiger partial charge in [-0.25, -0.2) is 4.79 Å². The number of aromatic nitrogens is 2. The number of aryl methyl sites for hydroxylation is 1. The zero-order chi connectivity index (χ0) is 14.7. The van der Waals surface area contributed by atoms with Gasteiger partial charge in [0.1, 0.15) is 0 Å². The van der Waals surface area contributed by atoms with Crippen LogP contribution in [0.4, 0.5) is 4.79 Å². The molecule has 2 atom stereocenters. The van der Waals surface area contributed by atoms with E-state index >= 15 is 0 Å². The van der Waals surface area contributed by atoms with Gasteiger partial charge in [0.15, 0.2) is 0 Å². The predicted molar refractivity (Wildman–Crippen MR) is 76.5 cm³/mol. The number of ether oxygens (including phenoxy) is 1. The van der Waals surface area contributed by atoms with Crippen molar-refractivity contribution in [2.24, 2.45) is 7.05 Å². The van der Waals surface area contributed by atoms with E-state index in [-0.39, 0.29) is 18.2 Å². The summed E-state index contributed by atoms with van der Waals surface area (Å²) in [7, 11) is 5.48. The summed E-state index contributed by atoms with van der Waals surface area (Å²) < 4.78 is 7.60. The monoisotopic (exact) mass is 280 g/mol. The van der Waals surface area contributed by atoms with Crippen molar-refractivity contribution in [1.82, 2.24) is 19.6 Å². The maximum absolute atomic E-state index is 12.3. The fraction of sp³-hybridized carbons (Fsp3) is 0.714. The van der Waals surface area contributed by atoms with Crippen LogP contribution in [0, 0.1) is 0 Å². The highest BCUT2D eigenvalue weighted by Gasteiger charge is 2.38. The second-order valence-corrected chi connectivity index (χ2v) is 5.45. The van der Waals surface area contributed by atoms with E-state index in [2.05, 4.69) is 5.10 Å². The van der Waals surface area contributed by atoms with Crippen molar-refractivity contribution < 1.29 is 9.53 Å². The highest BCUT2D eigenvalue weighted by molar-refractivity contribution is 5.74. The Kier molecular flexibility index (Phi) is 4.65. The number of urea groups is 1. The van der Waals surface area contributed by atoms with E-state index in [1.807, 2.05) is 31.3 Å². The second-order valence-electron chi connectivity index (χ2n) is 5.45. The van der Waals surface area contributed by atoms with E-state index in [1.54, 1.807) is 23.7 Å². The van der Waals surface area contributed by atoms with Crippen molar-refractivity contribution in [2.75, 3.05) is 27.2 Å². The summed E-state index contributed by atoms with van der Waals surface area (Å²) in [5.74, 6) is 0. The van der Waals surface area contributed by atoms with Crippen molar-refractivity contribution in [3.63, 3.8) is 0 Å². The SMILES string of the molecule is CCO[C@@H]1CCN(C(=O)N(C)C)[C@@H]1Cc1cnn(C)c1. The smallest absolute Gasteiger partial charge is 0.319 e. The molecule has 1 aliphatic rings. The molecule has 0 saturated carbocycles. The molecule has 2 heterocycles. The molecule has 6 heteroatoms. The molecule has 0 N–H and O–H groups in total. The van der Waals surface area contributed by atoms with E-state index in [4.69, 9.17) is 4.74 Å². The Bertz CT molecular complexity index is 458. The molecular weight excluding hydrogens is 256 g/mol. The molecule has 1 aromatic rings. The lowest BCUT2D eigenvalue weighted by Gasteiger charge is -2.30. The van der Waals surface area contributed by atoms with Gasteiger partial charge >= 0.3 is 6.03 Å². The zero-order valence-corrected chi connectivity index (χ0v) is 12.7. The van der Waals surface area contributed by atoms with Crippen LogP contribution in [0.5, 0.6) is 0 Å². The molecule has 20 heavy (non-hydrogen) atoms. The summed E-state index contributed by atoms with van der Waals surface area (Å²) in [6.07, 6.45) is 5.67. The van der Waals surface area contributed by atoms with Crippen LogP contribution in [0.15, 0.2) is 12.4 Å². The Morgan fingerprint density at radius 2 is 2.30 bits per heavy atom. The Morgan fingerprint density at radius 1 is 1.55 bits per heavy atom. The van der Waals surface area contributed by atoms with E-state index < -0.39 is 0 Å². The molecule has 0 bridgehead atoms. The first kappa shape index (κ1) is 14.8. The van der Waals surface area contributed by atoms with Gasteiger partial charge in [-0.2, -0.15) is 5.10 Å². The first-order valence-electron chi connectivity index (χ1n) is 7.10. The lowest BCUT2D eigenvalue weighted by atomic mass is 10.0. The normalized spacial score (nSPS) is 22.3. The fourth-order valence-corrected chi connectivity index (χ4v) is 2.79. The fourth-order valence-electron chi connectivity index (χ4n) is 2.79. The highest BCUT2D eigenvalue weighted by atomic mass is 16.5. The molecule has 1 aromatic heterocycles. The molecule has 1 aliphatic heterocycles. The number of nitrogens with zero attached hydrogens (tertiary/aromatic N) is 4. The number of likely N-dealkylation sites (tertiary alicyclic amines) is 1. The summed E-state index contributed by atoms with van der Waals surface area (Å²) in [5.41, 5.74) is 1.14. The predicted octanol–water partition coefficient (Wildman–Crippen LogP) is 1.12. The number of hydrogen-bond donors (Lipinski definition) is 0. The van der Waals surface area contributed by atoms with Gasteiger partial charge in [0, 0.05) is 40.5 Å². The number of carbonyl (C=O) groups is 1. The molecule has 1 saturated heterocycles. The van der Waals surface area contributed by atoms with Gasteiger partial charge in [0.2, 0.25) is 0 Å². The Hall–Kier alpha value is -1.56. The van der Waals surface area contributed by atoms with E-state index in [0.29, 0.717) is 6.61 Å². The zero-order valence-electron chi connectivity index (χ0n) is 12.7. The first-order valence-corrected chi connectivity index (χ1v) is 7.10. The maximum atomic E-state index is 12.3. The van der Waals surface area contributed by atoms with Gasteiger partial charge < -0.3 is 14.5 Å². The van der Waals surface area contributed by atoms with Gasteiger partial charge in [-0.1, -0.05) is 0 Å². The Morgan fingerprint density at radius 3 is 2.85 bits per heavy atom. The van der Waals surface area contributed by atoms with Gasteiger partial charge in [0.05, 0.1) is 18.3 Å². The summed E-state index contributed by atoms with van der Waals surface area (Å²) in [6.45, 7) is 3.43.